The fourth-order valence-corrected chi connectivity index (χ4v) is 2.70. The summed E-state index contributed by atoms with van der Waals surface area (Å²) in [5.41, 5.74) is 1.27. The van der Waals surface area contributed by atoms with Gasteiger partial charge in [0.25, 0.3) is 5.91 Å². The highest BCUT2D eigenvalue weighted by Crippen LogP contribution is 2.21. The Kier molecular flexibility index (Phi) is 4.16. The van der Waals surface area contributed by atoms with E-state index in [9.17, 15) is 4.79 Å². The molecule has 3 aromatic heterocycles. The van der Waals surface area contributed by atoms with Crippen molar-refractivity contribution in [1.82, 2.24) is 24.7 Å². The second kappa shape index (κ2) is 6.25. The normalized spacial score (nSPS) is 11.0. The van der Waals surface area contributed by atoms with Crippen molar-refractivity contribution in [3.05, 3.63) is 41.3 Å². The van der Waals surface area contributed by atoms with Crippen molar-refractivity contribution in [2.75, 3.05) is 5.32 Å². The number of rotatable bonds is 4. The minimum absolute atomic E-state index is 0.276. The largest absolute Gasteiger partial charge is 0.305 e. The molecule has 23 heavy (non-hydrogen) atoms. The predicted octanol–water partition coefficient (Wildman–Crippen LogP) is 2.71. The Morgan fingerprint density at radius 2 is 2.04 bits per heavy atom. The molecule has 3 aromatic rings. The summed E-state index contributed by atoms with van der Waals surface area (Å²) in [6.45, 7) is 4.11. The van der Waals surface area contributed by atoms with Gasteiger partial charge in [0.2, 0.25) is 0 Å². The van der Waals surface area contributed by atoms with E-state index in [-0.39, 0.29) is 5.91 Å². The molecule has 0 atom stereocenters. The van der Waals surface area contributed by atoms with Crippen LogP contribution in [0.4, 0.5) is 5.82 Å². The van der Waals surface area contributed by atoms with E-state index in [2.05, 4.69) is 39.2 Å². The van der Waals surface area contributed by atoms with Crippen molar-refractivity contribution in [2.45, 2.75) is 19.8 Å². The molecule has 3 rings (SSSR count). The molecule has 8 heteroatoms. The van der Waals surface area contributed by atoms with Crippen molar-refractivity contribution in [2.24, 2.45) is 7.05 Å². The lowest BCUT2D eigenvalue weighted by Crippen LogP contribution is -2.14. The van der Waals surface area contributed by atoms with Crippen LogP contribution >= 0.6 is 11.3 Å². The fourth-order valence-electron chi connectivity index (χ4n) is 1.96. The van der Waals surface area contributed by atoms with Gasteiger partial charge in [-0.15, -0.1) is 11.3 Å². The van der Waals surface area contributed by atoms with Crippen LogP contribution in [0.1, 0.15) is 35.9 Å². The molecule has 1 amide bonds. The molecule has 0 aromatic carbocycles. The number of aryl methyl sites for hydroxylation is 1. The van der Waals surface area contributed by atoms with Gasteiger partial charge in [0, 0.05) is 30.9 Å². The molecule has 0 unspecified atom stereocenters. The monoisotopic (exact) mass is 328 g/mol. The average Bonchev–Trinajstić information content (AvgIpc) is 3.16. The number of carbonyl (C=O) groups excluding carboxylic acids is 1. The van der Waals surface area contributed by atoms with Crippen LogP contribution in [0, 0.1) is 0 Å². The molecule has 0 spiro atoms. The summed E-state index contributed by atoms with van der Waals surface area (Å²) in [6, 6.07) is 3.61. The maximum atomic E-state index is 12.3. The molecule has 0 aliphatic carbocycles. The number of nitrogens with zero attached hydrogens (tertiary/aromatic N) is 5. The van der Waals surface area contributed by atoms with Crippen LogP contribution < -0.4 is 5.32 Å². The Balaban J connectivity index is 1.78. The lowest BCUT2D eigenvalue weighted by atomic mass is 10.1. The highest BCUT2D eigenvalue weighted by Gasteiger charge is 2.16. The first-order valence-corrected chi connectivity index (χ1v) is 8.00. The Bertz CT molecular complexity index is 824. The van der Waals surface area contributed by atoms with Crippen LogP contribution in [0.3, 0.4) is 0 Å². The molecule has 1 N–H and O–H groups in total. The molecule has 0 aliphatic heterocycles. The van der Waals surface area contributed by atoms with Crippen LogP contribution in [0.2, 0.25) is 0 Å². The molecule has 0 saturated carbocycles. The van der Waals surface area contributed by atoms with Gasteiger partial charge in [-0.3, -0.25) is 9.48 Å². The van der Waals surface area contributed by atoms with Crippen LogP contribution in [-0.4, -0.2) is 30.6 Å². The van der Waals surface area contributed by atoms with Crippen molar-refractivity contribution < 1.29 is 4.79 Å². The molecule has 118 valence electrons. The Labute approximate surface area is 137 Å². The molecular weight excluding hydrogens is 312 g/mol. The fraction of sp³-hybridized carbons (Fsp3) is 0.267. The zero-order chi connectivity index (χ0) is 16.4. The maximum Gasteiger partial charge on any atom is 0.276 e. The highest BCUT2D eigenvalue weighted by atomic mass is 32.1. The van der Waals surface area contributed by atoms with Crippen molar-refractivity contribution >= 4 is 23.1 Å². The van der Waals surface area contributed by atoms with Crippen molar-refractivity contribution in [3.8, 4) is 10.8 Å². The molecule has 7 nitrogen and oxygen atoms in total. The Hall–Kier alpha value is -2.61. The van der Waals surface area contributed by atoms with Crippen LogP contribution in [0.15, 0.2) is 29.9 Å². The summed E-state index contributed by atoms with van der Waals surface area (Å²) in [4.78, 5) is 24.9. The number of aromatic nitrogens is 5. The first-order chi connectivity index (χ1) is 11.0. The maximum absolute atomic E-state index is 12.3. The van der Waals surface area contributed by atoms with E-state index < -0.39 is 0 Å². The lowest BCUT2D eigenvalue weighted by Gasteiger charge is -2.02. The zero-order valence-corrected chi connectivity index (χ0v) is 13.8. The van der Waals surface area contributed by atoms with Crippen LogP contribution in [-0.2, 0) is 7.05 Å². The van der Waals surface area contributed by atoms with Gasteiger partial charge in [0.15, 0.2) is 10.8 Å². The third-order valence-electron chi connectivity index (χ3n) is 3.23. The van der Waals surface area contributed by atoms with Gasteiger partial charge < -0.3 is 5.32 Å². The number of thiazole rings is 1. The van der Waals surface area contributed by atoms with E-state index in [0.717, 1.165) is 5.69 Å². The predicted molar refractivity (Wildman–Crippen MR) is 88.4 cm³/mol. The number of hydrogen-bond acceptors (Lipinski definition) is 6. The average molecular weight is 328 g/mol. The van der Waals surface area contributed by atoms with Gasteiger partial charge in [-0.2, -0.15) is 5.10 Å². The summed E-state index contributed by atoms with van der Waals surface area (Å²) >= 11 is 1.34. The number of nitrogens with one attached hydrogen (secondary N) is 1. The molecule has 3 heterocycles. The van der Waals surface area contributed by atoms with Gasteiger partial charge in [-0.25, -0.2) is 15.0 Å². The summed E-state index contributed by atoms with van der Waals surface area (Å²) in [7, 11) is 1.80. The minimum Gasteiger partial charge on any atom is -0.305 e. The third kappa shape index (κ3) is 3.26. The number of amides is 1. The summed E-state index contributed by atoms with van der Waals surface area (Å²) in [6.07, 6.45) is 3.29. The second-order valence-corrected chi connectivity index (χ2v) is 6.16. The van der Waals surface area contributed by atoms with E-state index in [1.807, 2.05) is 6.07 Å². The molecule has 0 aliphatic rings. The molecule has 0 saturated heterocycles. The standard InChI is InChI=1S/C15H16N6OS/c1-9(2)10-7-12(21(3)20-10)19-14(22)11-8-23-15(18-11)13-16-5-4-6-17-13/h4-9H,1-3H3,(H,19,22). The summed E-state index contributed by atoms with van der Waals surface area (Å²) in [5.74, 6) is 1.18. The van der Waals surface area contributed by atoms with E-state index in [1.54, 1.807) is 35.6 Å². The second-order valence-electron chi connectivity index (χ2n) is 5.30. The molecule has 0 bridgehead atoms. The van der Waals surface area contributed by atoms with Gasteiger partial charge in [0.1, 0.15) is 11.5 Å². The van der Waals surface area contributed by atoms with E-state index >= 15 is 0 Å². The Morgan fingerprint density at radius 1 is 1.30 bits per heavy atom. The highest BCUT2D eigenvalue weighted by molar-refractivity contribution is 7.13. The number of hydrogen-bond donors (Lipinski definition) is 1. The van der Waals surface area contributed by atoms with Gasteiger partial charge in [0.05, 0.1) is 5.69 Å². The van der Waals surface area contributed by atoms with Gasteiger partial charge in [-0.05, 0) is 12.0 Å². The van der Waals surface area contributed by atoms with Crippen LogP contribution in [0.25, 0.3) is 10.8 Å². The zero-order valence-electron chi connectivity index (χ0n) is 13.0. The first kappa shape index (κ1) is 15.3. The molecule has 0 fully saturated rings. The smallest absolute Gasteiger partial charge is 0.276 e. The van der Waals surface area contributed by atoms with Gasteiger partial charge >= 0.3 is 0 Å². The Morgan fingerprint density at radius 3 is 2.70 bits per heavy atom. The van der Waals surface area contributed by atoms with Crippen molar-refractivity contribution in [1.29, 1.82) is 0 Å². The molecule has 0 radical (unpaired) electrons. The van der Waals surface area contributed by atoms with E-state index in [0.29, 0.717) is 28.3 Å². The molecular formula is C15H16N6OS. The summed E-state index contributed by atoms with van der Waals surface area (Å²) < 4.78 is 1.65. The number of carbonyl (C=O) groups is 1. The summed E-state index contributed by atoms with van der Waals surface area (Å²) in [5, 5.41) is 9.51. The SMILES string of the molecule is CC(C)c1cc(NC(=O)c2csc(-c3ncccn3)n2)n(C)n1. The minimum atomic E-state index is -0.276. The van der Waals surface area contributed by atoms with Crippen LogP contribution in [0.5, 0.6) is 0 Å². The lowest BCUT2D eigenvalue weighted by molar-refractivity contribution is 0.102. The van der Waals surface area contributed by atoms with E-state index in [4.69, 9.17) is 0 Å². The first-order valence-electron chi connectivity index (χ1n) is 7.13. The number of anilines is 1. The van der Waals surface area contributed by atoms with E-state index in [1.165, 1.54) is 11.3 Å². The topological polar surface area (TPSA) is 85.6 Å². The van der Waals surface area contributed by atoms with Gasteiger partial charge in [-0.1, -0.05) is 13.8 Å². The quantitative estimate of drug-likeness (QED) is 0.796. The third-order valence-corrected chi connectivity index (χ3v) is 4.06. The van der Waals surface area contributed by atoms with Crippen molar-refractivity contribution in [3.63, 3.8) is 0 Å².